The Morgan fingerprint density at radius 3 is 2.68 bits per heavy atom. The molecule has 1 unspecified atom stereocenters. The van der Waals surface area contributed by atoms with Gasteiger partial charge in [-0.2, -0.15) is 5.10 Å². The van der Waals surface area contributed by atoms with Crippen LogP contribution in [0.5, 0.6) is 0 Å². The van der Waals surface area contributed by atoms with Crippen molar-refractivity contribution in [3.05, 3.63) is 48.0 Å². The number of Topliss-reactive ketones (excluding diaryl/α,β-unsaturated/α-hetero) is 1. The first-order valence-corrected chi connectivity index (χ1v) is 6.24. The van der Waals surface area contributed by atoms with Crippen LogP contribution in [0.3, 0.4) is 0 Å². The Morgan fingerprint density at radius 1 is 1.37 bits per heavy atom. The third-order valence-corrected chi connectivity index (χ3v) is 2.87. The lowest BCUT2D eigenvalue weighted by Crippen LogP contribution is -2.20. The number of hydrogen-bond donors (Lipinski definition) is 0. The number of benzene rings is 1. The number of nitrogens with zero attached hydrogens (tertiary/aromatic N) is 3. The van der Waals surface area contributed by atoms with Gasteiger partial charge in [0, 0.05) is 13.7 Å². The van der Waals surface area contributed by atoms with Gasteiger partial charge in [0.15, 0.2) is 5.78 Å². The van der Waals surface area contributed by atoms with Crippen molar-refractivity contribution < 1.29 is 9.53 Å². The minimum atomic E-state index is -0.539. The largest absolute Gasteiger partial charge is 0.366 e. The van der Waals surface area contributed by atoms with Crippen molar-refractivity contribution in [1.82, 2.24) is 14.8 Å². The molecule has 0 saturated carbocycles. The number of aromatic nitrogens is 3. The Labute approximate surface area is 112 Å². The monoisotopic (exact) mass is 259 g/mol. The summed E-state index contributed by atoms with van der Waals surface area (Å²) in [6.07, 6.45) is 1.12. The highest BCUT2D eigenvalue weighted by Crippen LogP contribution is 2.19. The van der Waals surface area contributed by atoms with Crippen molar-refractivity contribution in [2.45, 2.75) is 19.4 Å². The summed E-state index contributed by atoms with van der Waals surface area (Å²) in [6, 6.07) is 9.51. The highest BCUT2D eigenvalue weighted by atomic mass is 16.5. The van der Waals surface area contributed by atoms with Crippen molar-refractivity contribution in [1.29, 1.82) is 0 Å². The van der Waals surface area contributed by atoms with E-state index < -0.39 is 6.10 Å². The molecule has 5 heteroatoms. The zero-order valence-electron chi connectivity index (χ0n) is 11.1. The van der Waals surface area contributed by atoms with E-state index in [0.717, 1.165) is 5.56 Å². The summed E-state index contributed by atoms with van der Waals surface area (Å²) in [5.74, 6) is 0.634. The molecular formula is C14H17N3O2. The van der Waals surface area contributed by atoms with E-state index in [9.17, 15) is 4.79 Å². The smallest absolute Gasteiger partial charge is 0.173 e. The van der Waals surface area contributed by atoms with Gasteiger partial charge in [0.1, 0.15) is 18.3 Å². The maximum absolute atomic E-state index is 12.3. The molecule has 2 aromatic rings. The van der Waals surface area contributed by atoms with Gasteiger partial charge in [-0.25, -0.2) is 4.98 Å². The number of carbonyl (C=O) groups is 1. The van der Waals surface area contributed by atoms with E-state index in [4.69, 9.17) is 4.74 Å². The zero-order valence-corrected chi connectivity index (χ0v) is 11.1. The molecule has 5 nitrogen and oxygen atoms in total. The van der Waals surface area contributed by atoms with Gasteiger partial charge in [-0.1, -0.05) is 30.3 Å². The lowest BCUT2D eigenvalue weighted by atomic mass is 10.0. The van der Waals surface area contributed by atoms with E-state index in [1.807, 2.05) is 37.3 Å². The molecular weight excluding hydrogens is 242 g/mol. The van der Waals surface area contributed by atoms with Gasteiger partial charge < -0.3 is 4.74 Å². The number of ether oxygens (including phenoxy) is 1. The van der Waals surface area contributed by atoms with Crippen LogP contribution in [-0.4, -0.2) is 27.2 Å². The molecule has 1 heterocycles. The molecule has 0 aliphatic rings. The molecule has 100 valence electrons. The second kappa shape index (κ2) is 6.24. The van der Waals surface area contributed by atoms with Gasteiger partial charge in [-0.05, 0) is 12.5 Å². The van der Waals surface area contributed by atoms with Gasteiger partial charge in [-0.15, -0.1) is 0 Å². The van der Waals surface area contributed by atoms with Crippen LogP contribution in [0.1, 0.15) is 24.4 Å². The Hall–Kier alpha value is -2.01. The summed E-state index contributed by atoms with van der Waals surface area (Å²) >= 11 is 0. The predicted molar refractivity (Wildman–Crippen MR) is 70.5 cm³/mol. The molecule has 0 aliphatic carbocycles. The van der Waals surface area contributed by atoms with E-state index in [0.29, 0.717) is 12.4 Å². The van der Waals surface area contributed by atoms with E-state index in [-0.39, 0.29) is 12.2 Å². The van der Waals surface area contributed by atoms with Crippen molar-refractivity contribution in [2.24, 2.45) is 7.05 Å². The summed E-state index contributed by atoms with van der Waals surface area (Å²) in [6.45, 7) is 2.37. The Bertz CT molecular complexity index is 537. The van der Waals surface area contributed by atoms with E-state index >= 15 is 0 Å². The summed E-state index contributed by atoms with van der Waals surface area (Å²) in [4.78, 5) is 16.4. The fourth-order valence-electron chi connectivity index (χ4n) is 1.90. The van der Waals surface area contributed by atoms with Crippen molar-refractivity contribution in [3.63, 3.8) is 0 Å². The molecule has 2 rings (SSSR count). The summed E-state index contributed by atoms with van der Waals surface area (Å²) < 4.78 is 7.17. The molecule has 0 saturated heterocycles. The number of rotatable bonds is 6. The van der Waals surface area contributed by atoms with Gasteiger partial charge in [0.2, 0.25) is 0 Å². The minimum absolute atomic E-state index is 0.0100. The molecule has 0 bridgehead atoms. The van der Waals surface area contributed by atoms with Crippen LogP contribution < -0.4 is 0 Å². The highest BCUT2D eigenvalue weighted by molar-refractivity contribution is 5.85. The molecule has 1 atom stereocenters. The number of hydrogen-bond acceptors (Lipinski definition) is 4. The highest BCUT2D eigenvalue weighted by Gasteiger charge is 2.22. The first-order valence-electron chi connectivity index (χ1n) is 6.24. The van der Waals surface area contributed by atoms with Crippen LogP contribution in [0.15, 0.2) is 36.7 Å². The molecule has 19 heavy (non-hydrogen) atoms. The maximum atomic E-state index is 12.3. The van der Waals surface area contributed by atoms with Crippen LogP contribution in [0.2, 0.25) is 0 Å². The number of aryl methyl sites for hydroxylation is 1. The second-order valence-corrected chi connectivity index (χ2v) is 4.19. The summed E-state index contributed by atoms with van der Waals surface area (Å²) in [5, 5.41) is 3.96. The molecule has 1 aromatic carbocycles. The lowest BCUT2D eigenvalue weighted by Gasteiger charge is -2.16. The molecule has 0 aliphatic heterocycles. The van der Waals surface area contributed by atoms with Crippen LogP contribution in [0.25, 0.3) is 0 Å². The van der Waals surface area contributed by atoms with E-state index in [1.165, 1.54) is 6.33 Å². The van der Waals surface area contributed by atoms with Crippen molar-refractivity contribution >= 4 is 5.78 Å². The van der Waals surface area contributed by atoms with Crippen LogP contribution in [-0.2, 0) is 23.0 Å². The SMILES string of the molecule is CCOC(C(=O)Cc1ncnn1C)c1ccccc1. The van der Waals surface area contributed by atoms with Gasteiger partial charge in [0.05, 0.1) is 6.42 Å². The Morgan fingerprint density at radius 2 is 2.11 bits per heavy atom. The maximum Gasteiger partial charge on any atom is 0.173 e. The third kappa shape index (κ3) is 3.26. The van der Waals surface area contributed by atoms with Gasteiger partial charge >= 0.3 is 0 Å². The number of carbonyl (C=O) groups excluding carboxylic acids is 1. The van der Waals surface area contributed by atoms with E-state index in [2.05, 4.69) is 10.1 Å². The quantitative estimate of drug-likeness (QED) is 0.792. The standard InChI is InChI=1S/C14H17N3O2/c1-3-19-14(11-7-5-4-6-8-11)12(18)9-13-15-10-16-17(13)2/h4-8,10,14H,3,9H2,1-2H3. The Balaban J connectivity index is 2.15. The van der Waals surface area contributed by atoms with Crippen molar-refractivity contribution in [2.75, 3.05) is 6.61 Å². The van der Waals surface area contributed by atoms with E-state index in [1.54, 1.807) is 11.7 Å². The normalized spacial score (nSPS) is 12.3. The van der Waals surface area contributed by atoms with Gasteiger partial charge in [0.25, 0.3) is 0 Å². The fraction of sp³-hybridized carbons (Fsp3) is 0.357. The zero-order chi connectivity index (χ0) is 13.7. The Kier molecular flexibility index (Phi) is 4.41. The van der Waals surface area contributed by atoms with Crippen molar-refractivity contribution in [3.8, 4) is 0 Å². The molecule has 0 amide bonds. The predicted octanol–water partition coefficient (Wildman–Crippen LogP) is 1.70. The first kappa shape index (κ1) is 13.4. The minimum Gasteiger partial charge on any atom is -0.366 e. The summed E-state index contributed by atoms with van der Waals surface area (Å²) in [7, 11) is 1.77. The van der Waals surface area contributed by atoms with Crippen LogP contribution in [0, 0.1) is 0 Å². The van der Waals surface area contributed by atoms with Gasteiger partial charge in [-0.3, -0.25) is 9.48 Å². The topological polar surface area (TPSA) is 57.0 Å². The lowest BCUT2D eigenvalue weighted by molar-refractivity contribution is -0.130. The average molecular weight is 259 g/mol. The molecule has 0 fully saturated rings. The number of ketones is 1. The average Bonchev–Trinajstić information content (AvgIpc) is 2.82. The summed E-state index contributed by atoms with van der Waals surface area (Å²) in [5.41, 5.74) is 0.872. The third-order valence-electron chi connectivity index (χ3n) is 2.87. The fourth-order valence-corrected chi connectivity index (χ4v) is 1.90. The molecule has 0 spiro atoms. The molecule has 0 radical (unpaired) electrons. The molecule has 1 aromatic heterocycles. The first-order chi connectivity index (χ1) is 9.22. The molecule has 0 N–H and O–H groups in total. The second-order valence-electron chi connectivity index (χ2n) is 4.19. The van der Waals surface area contributed by atoms with Crippen LogP contribution >= 0.6 is 0 Å². The van der Waals surface area contributed by atoms with Crippen LogP contribution in [0.4, 0.5) is 0 Å².